The average molecular weight is 222 g/mol. The number of nitrogens with zero attached hydrogens (tertiary/aromatic N) is 2. The molecule has 1 atom stereocenters. The molecule has 0 saturated heterocycles. The third kappa shape index (κ3) is 2.14. The third-order valence-corrected chi connectivity index (χ3v) is 2.71. The van der Waals surface area contributed by atoms with Gasteiger partial charge in [0, 0.05) is 6.07 Å². The number of aromatic nitrogens is 2. The maximum absolute atomic E-state index is 9.96. The minimum Gasteiger partial charge on any atom is -0.481 e. The van der Waals surface area contributed by atoms with Crippen molar-refractivity contribution >= 4 is 11.3 Å². The lowest BCUT2D eigenvalue weighted by Crippen LogP contribution is -2.02. The third-order valence-electron chi connectivity index (χ3n) is 2.01. The van der Waals surface area contributed by atoms with Crippen molar-refractivity contribution in [1.29, 1.82) is 0 Å². The van der Waals surface area contributed by atoms with E-state index in [4.69, 9.17) is 4.74 Å². The second kappa shape index (κ2) is 4.37. The Morgan fingerprint density at radius 2 is 2.33 bits per heavy atom. The molecule has 0 saturated carbocycles. The van der Waals surface area contributed by atoms with Crippen LogP contribution >= 0.6 is 11.3 Å². The molecule has 1 N–H and O–H groups in total. The van der Waals surface area contributed by atoms with Gasteiger partial charge in [-0.3, -0.25) is 0 Å². The number of thiophene rings is 1. The minimum atomic E-state index is -0.715. The molecule has 15 heavy (non-hydrogen) atoms. The summed E-state index contributed by atoms with van der Waals surface area (Å²) in [5, 5.41) is 13.8. The summed E-state index contributed by atoms with van der Waals surface area (Å²) in [4.78, 5) is 7.89. The molecule has 0 bridgehead atoms. The summed E-state index contributed by atoms with van der Waals surface area (Å²) in [6.45, 7) is 0. The van der Waals surface area contributed by atoms with E-state index in [-0.39, 0.29) is 0 Å². The molecule has 0 aliphatic heterocycles. The second-order valence-corrected chi connectivity index (χ2v) is 3.72. The normalized spacial score (nSPS) is 12.4. The fraction of sp³-hybridized carbons (Fsp3) is 0.200. The van der Waals surface area contributed by atoms with Gasteiger partial charge in [-0.05, 0) is 22.4 Å². The molecule has 0 amide bonds. The van der Waals surface area contributed by atoms with Crippen LogP contribution in [0.3, 0.4) is 0 Å². The van der Waals surface area contributed by atoms with Crippen molar-refractivity contribution in [2.45, 2.75) is 6.10 Å². The van der Waals surface area contributed by atoms with Gasteiger partial charge in [0.2, 0.25) is 5.88 Å². The summed E-state index contributed by atoms with van der Waals surface area (Å²) in [5.74, 6) is 0.453. The van der Waals surface area contributed by atoms with Gasteiger partial charge in [0.15, 0.2) is 0 Å². The smallest absolute Gasteiger partial charge is 0.216 e. The number of aliphatic hydroxyl groups is 1. The Hall–Kier alpha value is -1.46. The lowest BCUT2D eigenvalue weighted by Gasteiger charge is -2.08. The molecule has 2 heterocycles. The Morgan fingerprint density at radius 1 is 1.47 bits per heavy atom. The Morgan fingerprint density at radius 3 is 3.00 bits per heavy atom. The van der Waals surface area contributed by atoms with Crippen molar-refractivity contribution in [2.75, 3.05) is 7.11 Å². The zero-order chi connectivity index (χ0) is 10.7. The SMILES string of the molecule is COc1cc(C(O)c2ccsc2)ncn1. The van der Waals surface area contributed by atoms with Gasteiger partial charge in [-0.25, -0.2) is 9.97 Å². The maximum Gasteiger partial charge on any atom is 0.216 e. The first kappa shape index (κ1) is 10.1. The van der Waals surface area contributed by atoms with Crippen molar-refractivity contribution in [3.05, 3.63) is 40.5 Å². The quantitative estimate of drug-likeness (QED) is 0.857. The van der Waals surface area contributed by atoms with Crippen molar-refractivity contribution in [1.82, 2.24) is 9.97 Å². The van der Waals surface area contributed by atoms with Crippen LogP contribution < -0.4 is 4.74 Å². The van der Waals surface area contributed by atoms with Crippen LogP contribution in [-0.4, -0.2) is 22.2 Å². The van der Waals surface area contributed by atoms with Crippen LogP contribution in [0.1, 0.15) is 17.4 Å². The second-order valence-electron chi connectivity index (χ2n) is 2.94. The lowest BCUT2D eigenvalue weighted by molar-refractivity contribution is 0.214. The first-order valence-corrected chi connectivity index (χ1v) is 5.31. The molecule has 0 fully saturated rings. The first-order valence-electron chi connectivity index (χ1n) is 4.37. The van der Waals surface area contributed by atoms with Gasteiger partial charge in [-0.15, -0.1) is 0 Å². The zero-order valence-corrected chi connectivity index (χ0v) is 8.94. The van der Waals surface area contributed by atoms with Crippen molar-refractivity contribution in [3.8, 4) is 5.88 Å². The Balaban J connectivity index is 2.29. The van der Waals surface area contributed by atoms with Gasteiger partial charge in [0.1, 0.15) is 12.4 Å². The van der Waals surface area contributed by atoms with Crippen LogP contribution in [-0.2, 0) is 0 Å². The molecule has 2 rings (SSSR count). The van der Waals surface area contributed by atoms with E-state index in [0.717, 1.165) is 5.56 Å². The van der Waals surface area contributed by atoms with Crippen molar-refractivity contribution in [3.63, 3.8) is 0 Å². The van der Waals surface area contributed by atoms with E-state index in [0.29, 0.717) is 11.6 Å². The predicted octanol–water partition coefficient (Wildman–Crippen LogP) is 1.63. The number of ether oxygens (including phenoxy) is 1. The van der Waals surface area contributed by atoms with Crippen LogP contribution in [0.5, 0.6) is 5.88 Å². The van der Waals surface area contributed by atoms with Crippen LogP contribution in [0.15, 0.2) is 29.2 Å². The lowest BCUT2D eigenvalue weighted by atomic mass is 10.1. The monoisotopic (exact) mass is 222 g/mol. The number of rotatable bonds is 3. The van der Waals surface area contributed by atoms with Crippen molar-refractivity contribution < 1.29 is 9.84 Å². The highest BCUT2D eigenvalue weighted by Gasteiger charge is 2.13. The fourth-order valence-corrected chi connectivity index (χ4v) is 1.89. The number of hydrogen-bond acceptors (Lipinski definition) is 5. The van der Waals surface area contributed by atoms with E-state index in [1.54, 1.807) is 6.07 Å². The fourth-order valence-electron chi connectivity index (χ4n) is 1.22. The Bertz CT molecular complexity index is 431. The van der Waals surface area contributed by atoms with Crippen molar-refractivity contribution in [2.24, 2.45) is 0 Å². The van der Waals surface area contributed by atoms with E-state index in [2.05, 4.69) is 9.97 Å². The summed E-state index contributed by atoms with van der Waals surface area (Å²) >= 11 is 1.54. The van der Waals surface area contributed by atoms with Crippen LogP contribution in [0.25, 0.3) is 0 Å². The number of methoxy groups -OCH3 is 1. The molecule has 78 valence electrons. The maximum atomic E-state index is 9.96. The molecule has 0 radical (unpaired) electrons. The summed E-state index contributed by atoms with van der Waals surface area (Å²) in [7, 11) is 1.53. The molecule has 0 spiro atoms. The van der Waals surface area contributed by atoms with E-state index >= 15 is 0 Å². The number of hydrogen-bond donors (Lipinski definition) is 1. The molecular weight excluding hydrogens is 212 g/mol. The molecule has 2 aromatic heterocycles. The first-order chi connectivity index (χ1) is 7.31. The highest BCUT2D eigenvalue weighted by Crippen LogP contribution is 2.23. The Kier molecular flexibility index (Phi) is 2.94. The molecule has 0 aromatic carbocycles. The molecule has 0 aliphatic rings. The minimum absolute atomic E-state index is 0.453. The Labute approximate surface area is 91.2 Å². The summed E-state index contributed by atoms with van der Waals surface area (Å²) in [5.41, 5.74) is 1.38. The summed E-state index contributed by atoms with van der Waals surface area (Å²) in [6, 6.07) is 3.49. The molecule has 5 heteroatoms. The predicted molar refractivity (Wildman–Crippen MR) is 57.0 cm³/mol. The van der Waals surface area contributed by atoms with Crippen LogP contribution in [0.2, 0.25) is 0 Å². The van der Waals surface area contributed by atoms with E-state index < -0.39 is 6.10 Å². The van der Waals surface area contributed by atoms with E-state index in [1.807, 2.05) is 16.8 Å². The zero-order valence-electron chi connectivity index (χ0n) is 8.12. The van der Waals surface area contributed by atoms with E-state index in [1.165, 1.54) is 24.8 Å². The summed E-state index contributed by atoms with van der Waals surface area (Å²) < 4.78 is 4.96. The number of aliphatic hydroxyl groups excluding tert-OH is 1. The topological polar surface area (TPSA) is 55.2 Å². The molecule has 4 nitrogen and oxygen atoms in total. The largest absolute Gasteiger partial charge is 0.481 e. The molecule has 2 aromatic rings. The summed E-state index contributed by atoms with van der Waals surface area (Å²) in [6.07, 6.45) is 0.664. The molecule has 1 unspecified atom stereocenters. The highest BCUT2D eigenvalue weighted by molar-refractivity contribution is 7.07. The highest BCUT2D eigenvalue weighted by atomic mass is 32.1. The molecular formula is C10H10N2O2S. The van der Waals surface area contributed by atoms with Crippen LogP contribution in [0.4, 0.5) is 0 Å². The van der Waals surface area contributed by atoms with E-state index in [9.17, 15) is 5.11 Å². The van der Waals surface area contributed by atoms with Gasteiger partial charge in [-0.1, -0.05) is 0 Å². The van der Waals surface area contributed by atoms with Gasteiger partial charge in [0.05, 0.1) is 12.8 Å². The standard InChI is InChI=1S/C10H10N2O2S/c1-14-9-4-8(11-6-12-9)10(13)7-2-3-15-5-7/h2-6,10,13H,1H3. The van der Waals surface area contributed by atoms with Gasteiger partial charge in [-0.2, -0.15) is 11.3 Å². The molecule has 0 aliphatic carbocycles. The van der Waals surface area contributed by atoms with Gasteiger partial charge in [0.25, 0.3) is 0 Å². The average Bonchev–Trinajstić information content (AvgIpc) is 2.81. The van der Waals surface area contributed by atoms with Gasteiger partial charge >= 0.3 is 0 Å². The van der Waals surface area contributed by atoms with Crippen LogP contribution in [0, 0.1) is 0 Å². The van der Waals surface area contributed by atoms with Gasteiger partial charge < -0.3 is 9.84 Å².